The lowest BCUT2D eigenvalue weighted by molar-refractivity contribution is 0.0696. The quantitative estimate of drug-likeness (QED) is 0.905. The number of halogens is 1. The average molecular weight is 336 g/mol. The summed E-state index contributed by atoms with van der Waals surface area (Å²) in [7, 11) is 0. The zero-order valence-electron chi connectivity index (χ0n) is 11.0. The fourth-order valence-electron chi connectivity index (χ4n) is 1.72. The van der Waals surface area contributed by atoms with Crippen molar-refractivity contribution >= 4 is 21.9 Å². The van der Waals surface area contributed by atoms with Crippen LogP contribution in [0.25, 0.3) is 0 Å². The van der Waals surface area contributed by atoms with Crippen LogP contribution in [0.4, 0.5) is 0 Å². The van der Waals surface area contributed by atoms with Gasteiger partial charge in [-0.15, -0.1) is 0 Å². The highest BCUT2D eigenvalue weighted by molar-refractivity contribution is 9.10. The fourth-order valence-corrected chi connectivity index (χ4v) is 2.17. The Hall–Kier alpha value is -1.88. The van der Waals surface area contributed by atoms with Crippen LogP contribution in [0.5, 0.6) is 5.88 Å². The summed E-state index contributed by atoms with van der Waals surface area (Å²) >= 11 is 3.39. The van der Waals surface area contributed by atoms with Gasteiger partial charge >= 0.3 is 5.97 Å². The first-order chi connectivity index (χ1) is 9.58. The number of carboxylic acid groups (broad SMARTS) is 1. The van der Waals surface area contributed by atoms with Crippen LogP contribution >= 0.6 is 15.9 Å². The van der Waals surface area contributed by atoms with Crippen molar-refractivity contribution in [1.82, 2.24) is 4.98 Å². The standard InChI is InChI=1S/C15H14BrNO3/c1-2-13-7-11(15(18)19)8-14(17-13)20-9-10-4-3-5-12(16)6-10/h3-8H,2,9H2,1H3,(H,18,19). The van der Waals surface area contributed by atoms with Crippen LogP contribution in [0.3, 0.4) is 0 Å². The molecule has 1 aromatic carbocycles. The van der Waals surface area contributed by atoms with Crippen molar-refractivity contribution in [3.63, 3.8) is 0 Å². The Bertz CT molecular complexity index is 628. The lowest BCUT2D eigenvalue weighted by Gasteiger charge is -2.08. The second kappa shape index (κ2) is 6.52. The van der Waals surface area contributed by atoms with E-state index in [1.54, 1.807) is 6.07 Å². The second-order valence-corrected chi connectivity index (χ2v) is 5.18. The van der Waals surface area contributed by atoms with Gasteiger partial charge in [0.15, 0.2) is 0 Å². The number of aryl methyl sites for hydroxylation is 1. The number of aromatic nitrogens is 1. The lowest BCUT2D eigenvalue weighted by Crippen LogP contribution is -2.03. The Kier molecular flexibility index (Phi) is 4.74. The lowest BCUT2D eigenvalue weighted by atomic mass is 10.2. The van der Waals surface area contributed by atoms with Crippen LogP contribution in [-0.2, 0) is 13.0 Å². The van der Waals surface area contributed by atoms with Gasteiger partial charge in [0.1, 0.15) is 6.61 Å². The number of carboxylic acids is 1. The molecule has 0 aliphatic rings. The van der Waals surface area contributed by atoms with Crippen LogP contribution in [0.15, 0.2) is 40.9 Å². The summed E-state index contributed by atoms with van der Waals surface area (Å²) in [6.07, 6.45) is 0.661. The summed E-state index contributed by atoms with van der Waals surface area (Å²) in [6.45, 7) is 2.27. The molecule has 1 N–H and O–H groups in total. The normalized spacial score (nSPS) is 10.3. The number of benzene rings is 1. The molecular formula is C15H14BrNO3. The van der Waals surface area contributed by atoms with Gasteiger partial charge in [-0.05, 0) is 30.2 Å². The number of rotatable bonds is 5. The SMILES string of the molecule is CCc1cc(C(=O)O)cc(OCc2cccc(Br)c2)n1. The Morgan fingerprint density at radius 1 is 1.35 bits per heavy atom. The molecule has 0 aliphatic carbocycles. The van der Waals surface area contributed by atoms with Crippen molar-refractivity contribution in [3.05, 3.63) is 57.7 Å². The van der Waals surface area contributed by atoms with Crippen LogP contribution in [0.2, 0.25) is 0 Å². The first kappa shape index (κ1) is 14.5. The molecule has 0 unspecified atom stereocenters. The molecule has 0 atom stereocenters. The number of hydrogen-bond donors (Lipinski definition) is 1. The minimum atomic E-state index is -0.977. The van der Waals surface area contributed by atoms with Crippen molar-refractivity contribution in [2.24, 2.45) is 0 Å². The van der Waals surface area contributed by atoms with Gasteiger partial charge in [0, 0.05) is 16.2 Å². The van der Waals surface area contributed by atoms with E-state index in [4.69, 9.17) is 9.84 Å². The van der Waals surface area contributed by atoms with E-state index in [1.807, 2.05) is 31.2 Å². The van der Waals surface area contributed by atoms with Crippen molar-refractivity contribution in [2.45, 2.75) is 20.0 Å². The monoisotopic (exact) mass is 335 g/mol. The summed E-state index contributed by atoms with van der Waals surface area (Å²) in [5.41, 5.74) is 1.88. The van der Waals surface area contributed by atoms with Gasteiger partial charge in [0.25, 0.3) is 0 Å². The predicted octanol–water partition coefficient (Wildman–Crippen LogP) is 3.68. The van der Waals surface area contributed by atoms with E-state index in [9.17, 15) is 4.79 Å². The van der Waals surface area contributed by atoms with E-state index in [0.29, 0.717) is 24.6 Å². The number of hydrogen-bond acceptors (Lipinski definition) is 3. The van der Waals surface area contributed by atoms with Crippen molar-refractivity contribution < 1.29 is 14.6 Å². The second-order valence-electron chi connectivity index (χ2n) is 4.26. The van der Waals surface area contributed by atoms with E-state index in [0.717, 1.165) is 10.0 Å². The van der Waals surface area contributed by atoms with Crippen molar-refractivity contribution in [1.29, 1.82) is 0 Å². The zero-order valence-corrected chi connectivity index (χ0v) is 12.6. The topological polar surface area (TPSA) is 59.4 Å². The first-order valence-corrected chi connectivity index (χ1v) is 6.99. The maximum Gasteiger partial charge on any atom is 0.335 e. The van der Waals surface area contributed by atoms with Crippen LogP contribution in [-0.4, -0.2) is 16.1 Å². The van der Waals surface area contributed by atoms with Gasteiger partial charge in [-0.3, -0.25) is 0 Å². The molecule has 0 amide bonds. The summed E-state index contributed by atoms with van der Waals surface area (Å²) in [5, 5.41) is 9.06. The van der Waals surface area contributed by atoms with E-state index in [-0.39, 0.29) is 5.56 Å². The molecule has 0 fully saturated rings. The minimum absolute atomic E-state index is 0.195. The number of carbonyl (C=O) groups is 1. The van der Waals surface area contributed by atoms with Crippen LogP contribution < -0.4 is 4.74 Å². The van der Waals surface area contributed by atoms with E-state index in [1.165, 1.54) is 6.07 Å². The molecule has 104 valence electrons. The summed E-state index contributed by atoms with van der Waals surface area (Å²) in [5.74, 6) is -0.642. The molecule has 0 aliphatic heterocycles. The average Bonchev–Trinajstić information content (AvgIpc) is 2.45. The molecule has 2 rings (SSSR count). The van der Waals surface area contributed by atoms with Crippen molar-refractivity contribution in [2.75, 3.05) is 0 Å². The molecule has 4 nitrogen and oxygen atoms in total. The molecule has 2 aromatic rings. The molecule has 1 aromatic heterocycles. The van der Waals surface area contributed by atoms with Gasteiger partial charge in [-0.1, -0.05) is 35.0 Å². The van der Waals surface area contributed by atoms with Gasteiger partial charge in [-0.25, -0.2) is 9.78 Å². The third kappa shape index (κ3) is 3.81. The van der Waals surface area contributed by atoms with Crippen LogP contribution in [0, 0.1) is 0 Å². The summed E-state index contributed by atoms with van der Waals surface area (Å²) in [6, 6.07) is 10.7. The highest BCUT2D eigenvalue weighted by atomic mass is 79.9. The number of nitrogens with zero attached hydrogens (tertiary/aromatic N) is 1. The summed E-state index contributed by atoms with van der Waals surface area (Å²) < 4.78 is 6.56. The highest BCUT2D eigenvalue weighted by Crippen LogP contribution is 2.17. The Morgan fingerprint density at radius 3 is 2.80 bits per heavy atom. The molecule has 0 bridgehead atoms. The first-order valence-electron chi connectivity index (χ1n) is 6.20. The molecule has 1 heterocycles. The Morgan fingerprint density at radius 2 is 2.15 bits per heavy atom. The largest absolute Gasteiger partial charge is 0.478 e. The van der Waals surface area contributed by atoms with E-state index in [2.05, 4.69) is 20.9 Å². The zero-order chi connectivity index (χ0) is 14.5. The van der Waals surface area contributed by atoms with Crippen LogP contribution in [0.1, 0.15) is 28.5 Å². The maximum atomic E-state index is 11.1. The fraction of sp³-hybridized carbons (Fsp3) is 0.200. The van der Waals surface area contributed by atoms with Gasteiger partial charge in [0.05, 0.1) is 5.56 Å². The minimum Gasteiger partial charge on any atom is -0.478 e. The molecule has 20 heavy (non-hydrogen) atoms. The maximum absolute atomic E-state index is 11.1. The number of pyridine rings is 1. The summed E-state index contributed by atoms with van der Waals surface area (Å²) in [4.78, 5) is 15.3. The van der Waals surface area contributed by atoms with Crippen molar-refractivity contribution in [3.8, 4) is 5.88 Å². The Balaban J connectivity index is 2.16. The third-order valence-corrected chi connectivity index (χ3v) is 3.23. The molecule has 5 heteroatoms. The van der Waals surface area contributed by atoms with E-state index >= 15 is 0 Å². The van der Waals surface area contributed by atoms with Gasteiger partial charge in [-0.2, -0.15) is 0 Å². The highest BCUT2D eigenvalue weighted by Gasteiger charge is 2.08. The van der Waals surface area contributed by atoms with Gasteiger partial charge in [0.2, 0.25) is 5.88 Å². The number of aromatic carboxylic acids is 1. The number of ether oxygens (including phenoxy) is 1. The third-order valence-electron chi connectivity index (χ3n) is 2.74. The van der Waals surface area contributed by atoms with E-state index < -0.39 is 5.97 Å². The molecule has 0 saturated heterocycles. The Labute approximate surface area is 125 Å². The smallest absolute Gasteiger partial charge is 0.335 e. The predicted molar refractivity (Wildman–Crippen MR) is 79.0 cm³/mol. The molecule has 0 radical (unpaired) electrons. The molecule has 0 spiro atoms. The molecule has 0 saturated carbocycles. The van der Waals surface area contributed by atoms with Gasteiger partial charge < -0.3 is 9.84 Å². The molecular weight excluding hydrogens is 322 g/mol.